The smallest absolute Gasteiger partial charge is 0.147 e. The zero-order valence-corrected chi connectivity index (χ0v) is 10.6. The molecule has 2 atom stereocenters. The second-order valence-electron chi connectivity index (χ2n) is 5.16. The van der Waals surface area contributed by atoms with E-state index in [-0.39, 0.29) is 18.3 Å². The van der Waals surface area contributed by atoms with Gasteiger partial charge in [0.05, 0.1) is 0 Å². The van der Waals surface area contributed by atoms with Crippen molar-refractivity contribution in [3.05, 3.63) is 0 Å². The van der Waals surface area contributed by atoms with E-state index in [1.807, 2.05) is 0 Å². The van der Waals surface area contributed by atoms with Gasteiger partial charge in [0.15, 0.2) is 0 Å². The van der Waals surface area contributed by atoms with Gasteiger partial charge in [-0.3, -0.25) is 0 Å². The molecule has 0 amide bonds. The van der Waals surface area contributed by atoms with E-state index in [4.69, 9.17) is 9.84 Å². The van der Waals surface area contributed by atoms with Crippen LogP contribution in [0.25, 0.3) is 0 Å². The Morgan fingerprint density at radius 3 is 2.57 bits per heavy atom. The summed E-state index contributed by atoms with van der Waals surface area (Å²) in [6.07, 6.45) is 1.83. The molecular formula is C11H20O2Si. The van der Waals surface area contributed by atoms with E-state index in [1.165, 1.54) is 0 Å². The maximum absolute atomic E-state index is 8.72. The summed E-state index contributed by atoms with van der Waals surface area (Å²) >= 11 is 0. The topological polar surface area (TPSA) is 32.8 Å². The molecule has 0 radical (unpaired) electrons. The molecule has 14 heavy (non-hydrogen) atoms. The minimum Gasteiger partial charge on any atom is -0.396 e. The van der Waals surface area contributed by atoms with Crippen LogP contribution in [0, 0.1) is 11.5 Å². The third-order valence-electron chi connectivity index (χ3n) is 2.29. The molecule has 0 saturated carbocycles. The monoisotopic (exact) mass is 212 g/mol. The highest BCUT2D eigenvalue weighted by molar-refractivity contribution is 6.83. The maximum Gasteiger partial charge on any atom is 0.147 e. The van der Waals surface area contributed by atoms with Crippen molar-refractivity contribution < 1.29 is 9.84 Å². The van der Waals surface area contributed by atoms with Crippen LogP contribution in [0.1, 0.15) is 19.8 Å². The SMILES string of the molecule is C[C@@]1(CCCO)O[C@@H]1C#C[Si](C)(C)C. The molecule has 1 rings (SSSR count). The van der Waals surface area contributed by atoms with Crippen molar-refractivity contribution in [1.82, 2.24) is 0 Å². The minimum atomic E-state index is -1.26. The van der Waals surface area contributed by atoms with Gasteiger partial charge in [0.2, 0.25) is 0 Å². The number of aliphatic hydroxyl groups is 1. The van der Waals surface area contributed by atoms with Crippen LogP contribution in [0.3, 0.4) is 0 Å². The van der Waals surface area contributed by atoms with Crippen LogP contribution in [-0.2, 0) is 4.74 Å². The molecule has 0 spiro atoms. The highest BCUT2D eigenvalue weighted by Crippen LogP contribution is 2.39. The van der Waals surface area contributed by atoms with Gasteiger partial charge in [-0.1, -0.05) is 25.6 Å². The van der Waals surface area contributed by atoms with Crippen LogP contribution in [0.4, 0.5) is 0 Å². The lowest BCUT2D eigenvalue weighted by Crippen LogP contribution is -2.17. The molecule has 1 heterocycles. The van der Waals surface area contributed by atoms with Crippen molar-refractivity contribution in [3.63, 3.8) is 0 Å². The summed E-state index contributed by atoms with van der Waals surface area (Å²) in [5.41, 5.74) is 3.24. The standard InChI is InChI=1S/C11H20O2Si/c1-11(7-5-8-12)10(13-11)6-9-14(2,3)4/h10,12H,5,7-8H2,1-4H3/t10-,11+/m1/s1. The molecule has 0 aromatic rings. The van der Waals surface area contributed by atoms with E-state index in [0.29, 0.717) is 0 Å². The van der Waals surface area contributed by atoms with Crippen molar-refractivity contribution in [2.75, 3.05) is 6.61 Å². The molecule has 0 aliphatic carbocycles. The first kappa shape index (κ1) is 11.8. The molecule has 1 fully saturated rings. The average molecular weight is 212 g/mol. The van der Waals surface area contributed by atoms with Crippen LogP contribution in [0.5, 0.6) is 0 Å². The normalized spacial score (nSPS) is 30.8. The lowest BCUT2D eigenvalue weighted by molar-refractivity contribution is 0.246. The van der Waals surface area contributed by atoms with E-state index in [1.54, 1.807) is 0 Å². The first-order chi connectivity index (χ1) is 6.37. The summed E-state index contributed by atoms with van der Waals surface area (Å²) in [6.45, 7) is 9.01. The number of hydrogen-bond acceptors (Lipinski definition) is 2. The number of ether oxygens (including phenoxy) is 1. The summed E-state index contributed by atoms with van der Waals surface area (Å²) in [5.74, 6) is 3.20. The summed E-state index contributed by atoms with van der Waals surface area (Å²) in [6, 6.07) is 0. The fourth-order valence-electron chi connectivity index (χ4n) is 1.32. The van der Waals surface area contributed by atoms with Gasteiger partial charge in [-0.15, -0.1) is 5.54 Å². The zero-order chi connectivity index (χ0) is 10.8. The molecule has 3 heteroatoms. The molecule has 0 bridgehead atoms. The maximum atomic E-state index is 8.72. The van der Waals surface area contributed by atoms with Gasteiger partial charge in [-0.2, -0.15) is 0 Å². The fourth-order valence-corrected chi connectivity index (χ4v) is 1.88. The highest BCUT2D eigenvalue weighted by atomic mass is 28.3. The van der Waals surface area contributed by atoms with E-state index in [9.17, 15) is 0 Å². The number of hydrogen-bond donors (Lipinski definition) is 1. The van der Waals surface area contributed by atoms with Crippen LogP contribution < -0.4 is 0 Å². The average Bonchev–Trinajstić information content (AvgIpc) is 2.70. The van der Waals surface area contributed by atoms with Gasteiger partial charge in [0.25, 0.3) is 0 Å². The second-order valence-corrected chi connectivity index (χ2v) is 9.91. The summed E-state index contributed by atoms with van der Waals surface area (Å²) in [7, 11) is -1.26. The number of epoxide rings is 1. The molecule has 1 aliphatic rings. The van der Waals surface area contributed by atoms with E-state index < -0.39 is 8.07 Å². The Bertz CT molecular complexity index is 259. The molecule has 0 aromatic heterocycles. The van der Waals surface area contributed by atoms with Gasteiger partial charge in [-0.05, 0) is 19.8 Å². The third-order valence-corrected chi connectivity index (χ3v) is 3.19. The third kappa shape index (κ3) is 3.45. The van der Waals surface area contributed by atoms with Gasteiger partial charge in [-0.25, -0.2) is 0 Å². The first-order valence-electron chi connectivity index (χ1n) is 5.19. The van der Waals surface area contributed by atoms with Crippen molar-refractivity contribution in [2.24, 2.45) is 0 Å². The Kier molecular flexibility index (Phi) is 3.41. The van der Waals surface area contributed by atoms with E-state index in [2.05, 4.69) is 38.0 Å². The molecule has 80 valence electrons. The predicted octanol–water partition coefficient (Wildman–Crippen LogP) is 1.80. The Morgan fingerprint density at radius 1 is 1.43 bits per heavy atom. The molecule has 1 aliphatic heterocycles. The van der Waals surface area contributed by atoms with Crippen LogP contribution in [0.15, 0.2) is 0 Å². The quantitative estimate of drug-likeness (QED) is 0.439. The Labute approximate surface area is 87.7 Å². The first-order valence-corrected chi connectivity index (χ1v) is 8.69. The molecule has 0 unspecified atom stereocenters. The lowest BCUT2D eigenvalue weighted by atomic mass is 10.0. The predicted molar refractivity (Wildman–Crippen MR) is 60.7 cm³/mol. The van der Waals surface area contributed by atoms with Crippen molar-refractivity contribution >= 4 is 8.07 Å². The van der Waals surface area contributed by atoms with Gasteiger partial charge in [0.1, 0.15) is 19.8 Å². The summed E-state index contributed by atoms with van der Waals surface area (Å²) in [5, 5.41) is 8.72. The Morgan fingerprint density at radius 2 is 2.07 bits per heavy atom. The largest absolute Gasteiger partial charge is 0.396 e. The van der Waals surface area contributed by atoms with Crippen LogP contribution >= 0.6 is 0 Å². The highest BCUT2D eigenvalue weighted by Gasteiger charge is 2.50. The van der Waals surface area contributed by atoms with E-state index in [0.717, 1.165) is 12.8 Å². The second kappa shape index (κ2) is 4.06. The van der Waals surface area contributed by atoms with Gasteiger partial charge >= 0.3 is 0 Å². The Balaban J connectivity index is 2.40. The molecule has 0 aromatic carbocycles. The molecule has 2 nitrogen and oxygen atoms in total. The number of aliphatic hydroxyl groups excluding tert-OH is 1. The van der Waals surface area contributed by atoms with Gasteiger partial charge < -0.3 is 9.84 Å². The van der Waals surface area contributed by atoms with Crippen molar-refractivity contribution in [1.29, 1.82) is 0 Å². The summed E-state index contributed by atoms with van der Waals surface area (Å²) in [4.78, 5) is 0. The fraction of sp³-hybridized carbons (Fsp3) is 0.818. The zero-order valence-electron chi connectivity index (χ0n) is 9.55. The Hall–Kier alpha value is -0.303. The molecular weight excluding hydrogens is 192 g/mol. The van der Waals surface area contributed by atoms with Crippen molar-refractivity contribution in [3.8, 4) is 11.5 Å². The summed E-state index contributed by atoms with van der Waals surface area (Å²) < 4.78 is 5.54. The number of rotatable bonds is 3. The lowest BCUT2D eigenvalue weighted by Gasteiger charge is -2.04. The molecule has 1 N–H and O–H groups in total. The van der Waals surface area contributed by atoms with E-state index >= 15 is 0 Å². The van der Waals surface area contributed by atoms with Crippen LogP contribution in [0.2, 0.25) is 19.6 Å². The molecule has 1 saturated heterocycles. The van der Waals surface area contributed by atoms with Crippen LogP contribution in [-0.4, -0.2) is 31.5 Å². The van der Waals surface area contributed by atoms with Crippen molar-refractivity contribution in [2.45, 2.75) is 51.1 Å². The minimum absolute atomic E-state index is 0.0740. The van der Waals surface area contributed by atoms with Gasteiger partial charge in [0, 0.05) is 6.61 Å².